The Bertz CT molecular complexity index is 746. The zero-order valence-corrected chi connectivity index (χ0v) is 13.2. The number of piperidine rings is 1. The van der Waals surface area contributed by atoms with Crippen molar-refractivity contribution in [3.63, 3.8) is 0 Å². The Balaban J connectivity index is 1.82. The van der Waals surface area contributed by atoms with Crippen molar-refractivity contribution in [2.45, 2.75) is 25.1 Å². The van der Waals surface area contributed by atoms with Crippen molar-refractivity contribution in [1.29, 1.82) is 0 Å². The van der Waals surface area contributed by atoms with Crippen LogP contribution < -0.4 is 16.0 Å². The van der Waals surface area contributed by atoms with Crippen LogP contribution in [0.1, 0.15) is 6.42 Å². The number of hydrogen-bond acceptors (Lipinski definition) is 6. The summed E-state index contributed by atoms with van der Waals surface area (Å²) in [6.45, 7) is 2.59. The molecule has 124 valence electrons. The predicted molar refractivity (Wildman–Crippen MR) is 87.6 cm³/mol. The molecule has 7 nitrogen and oxygen atoms in total. The standard InChI is InChI=1S/C16H22N4O3/c1-23-11-2-3-13-14(8-11)20(16(22)9-18-13)7-6-19-5-4-12(17)15(21)10-19/h2-3,8-9,12,15,21H,4-7,10,17H2,1H3/t12-,15-/m0/s1. The first-order chi connectivity index (χ1) is 11.1. The highest BCUT2D eigenvalue weighted by atomic mass is 16.5. The minimum atomic E-state index is -0.505. The van der Waals surface area contributed by atoms with E-state index in [1.165, 1.54) is 6.20 Å². The van der Waals surface area contributed by atoms with Gasteiger partial charge in [-0.25, -0.2) is 4.98 Å². The summed E-state index contributed by atoms with van der Waals surface area (Å²) in [6.07, 6.45) is 1.60. The van der Waals surface area contributed by atoms with Gasteiger partial charge in [0.1, 0.15) is 5.75 Å². The van der Waals surface area contributed by atoms with Crippen molar-refractivity contribution in [2.24, 2.45) is 5.73 Å². The zero-order chi connectivity index (χ0) is 16.4. The molecule has 1 aromatic carbocycles. The smallest absolute Gasteiger partial charge is 0.269 e. The topological polar surface area (TPSA) is 93.6 Å². The Labute approximate surface area is 134 Å². The Morgan fingerprint density at radius 2 is 2.26 bits per heavy atom. The van der Waals surface area contributed by atoms with Crippen LogP contribution in [-0.2, 0) is 6.54 Å². The fourth-order valence-electron chi connectivity index (χ4n) is 2.96. The summed E-state index contributed by atoms with van der Waals surface area (Å²) >= 11 is 0. The monoisotopic (exact) mass is 318 g/mol. The van der Waals surface area contributed by atoms with E-state index in [0.717, 1.165) is 24.0 Å². The van der Waals surface area contributed by atoms with E-state index in [1.807, 2.05) is 18.2 Å². The molecule has 0 aliphatic carbocycles. The third-order valence-corrected chi connectivity index (χ3v) is 4.41. The number of β-amino-alcohol motifs (C(OH)–C–C–N with tert-alkyl or cyclic N) is 1. The number of nitrogens with two attached hydrogens (primary N) is 1. The van der Waals surface area contributed by atoms with Crippen LogP contribution in [0.15, 0.2) is 29.2 Å². The molecule has 1 aliphatic heterocycles. The van der Waals surface area contributed by atoms with E-state index >= 15 is 0 Å². The average Bonchev–Trinajstić information content (AvgIpc) is 2.56. The van der Waals surface area contributed by atoms with E-state index in [1.54, 1.807) is 11.7 Å². The van der Waals surface area contributed by atoms with Crippen molar-refractivity contribution in [3.8, 4) is 5.75 Å². The molecule has 1 saturated heterocycles. The summed E-state index contributed by atoms with van der Waals surface area (Å²) in [5.74, 6) is 0.693. The number of methoxy groups -OCH3 is 1. The lowest BCUT2D eigenvalue weighted by Crippen LogP contribution is -2.51. The fraction of sp³-hybridized carbons (Fsp3) is 0.500. The number of aliphatic hydroxyl groups is 1. The molecule has 3 rings (SSSR count). The molecule has 2 atom stereocenters. The second-order valence-corrected chi connectivity index (χ2v) is 5.92. The molecule has 2 heterocycles. The molecule has 0 radical (unpaired) electrons. The van der Waals surface area contributed by atoms with Crippen LogP contribution in [0, 0.1) is 0 Å². The van der Waals surface area contributed by atoms with Gasteiger partial charge in [-0.1, -0.05) is 0 Å². The van der Waals surface area contributed by atoms with Crippen LogP contribution in [-0.4, -0.2) is 58.4 Å². The van der Waals surface area contributed by atoms with Gasteiger partial charge in [0.25, 0.3) is 5.56 Å². The minimum absolute atomic E-state index is 0.139. The highest BCUT2D eigenvalue weighted by Gasteiger charge is 2.24. The van der Waals surface area contributed by atoms with E-state index in [4.69, 9.17) is 10.5 Å². The molecular formula is C16H22N4O3. The Morgan fingerprint density at radius 3 is 3.00 bits per heavy atom. The van der Waals surface area contributed by atoms with Gasteiger partial charge >= 0.3 is 0 Å². The van der Waals surface area contributed by atoms with E-state index in [0.29, 0.717) is 25.4 Å². The summed E-state index contributed by atoms with van der Waals surface area (Å²) in [6, 6.07) is 5.34. The van der Waals surface area contributed by atoms with Gasteiger partial charge in [0.15, 0.2) is 0 Å². The van der Waals surface area contributed by atoms with Crippen molar-refractivity contribution in [3.05, 3.63) is 34.7 Å². The molecule has 1 aromatic heterocycles. The van der Waals surface area contributed by atoms with Crippen LogP contribution in [0.25, 0.3) is 11.0 Å². The van der Waals surface area contributed by atoms with Crippen molar-refractivity contribution >= 4 is 11.0 Å². The summed E-state index contributed by atoms with van der Waals surface area (Å²) in [4.78, 5) is 18.5. The maximum atomic E-state index is 12.2. The number of ether oxygens (including phenoxy) is 1. The quantitative estimate of drug-likeness (QED) is 0.811. The number of aliphatic hydroxyl groups excluding tert-OH is 1. The molecule has 0 saturated carbocycles. The highest BCUT2D eigenvalue weighted by Crippen LogP contribution is 2.18. The molecule has 7 heteroatoms. The maximum Gasteiger partial charge on any atom is 0.269 e. The Kier molecular flexibility index (Phi) is 4.61. The van der Waals surface area contributed by atoms with Gasteiger partial charge in [0.05, 0.1) is 30.4 Å². The number of fused-ring (bicyclic) bond motifs is 1. The lowest BCUT2D eigenvalue weighted by molar-refractivity contribution is 0.0520. The molecule has 23 heavy (non-hydrogen) atoms. The van der Waals surface area contributed by atoms with Crippen molar-refractivity contribution < 1.29 is 9.84 Å². The van der Waals surface area contributed by atoms with E-state index < -0.39 is 6.10 Å². The first-order valence-corrected chi connectivity index (χ1v) is 7.78. The molecule has 1 fully saturated rings. The first-order valence-electron chi connectivity index (χ1n) is 7.78. The normalized spacial score (nSPS) is 22.4. The lowest BCUT2D eigenvalue weighted by atomic mass is 10.0. The second kappa shape index (κ2) is 6.66. The Morgan fingerprint density at radius 1 is 1.43 bits per heavy atom. The SMILES string of the molecule is COc1ccc2ncc(=O)n(CCN3CC[C@H](N)[C@@H](O)C3)c2c1. The first kappa shape index (κ1) is 15.9. The van der Waals surface area contributed by atoms with Gasteiger partial charge in [-0.05, 0) is 25.1 Å². The molecule has 0 unspecified atom stereocenters. The van der Waals surface area contributed by atoms with E-state index in [-0.39, 0.29) is 11.6 Å². The largest absolute Gasteiger partial charge is 0.497 e. The molecule has 0 bridgehead atoms. The minimum Gasteiger partial charge on any atom is -0.497 e. The van der Waals surface area contributed by atoms with Gasteiger partial charge in [-0.3, -0.25) is 9.69 Å². The summed E-state index contributed by atoms with van der Waals surface area (Å²) in [5, 5.41) is 9.88. The number of rotatable bonds is 4. The third kappa shape index (κ3) is 3.36. The van der Waals surface area contributed by atoms with Gasteiger partial charge in [0, 0.05) is 31.7 Å². The average molecular weight is 318 g/mol. The summed E-state index contributed by atoms with van der Waals surface area (Å²) in [7, 11) is 1.60. The Hall–Kier alpha value is -1.96. The van der Waals surface area contributed by atoms with Crippen LogP contribution in [0.2, 0.25) is 0 Å². The predicted octanol–water partition coefficient (Wildman–Crippen LogP) is -0.201. The van der Waals surface area contributed by atoms with Crippen LogP contribution in [0.3, 0.4) is 0 Å². The van der Waals surface area contributed by atoms with E-state index in [2.05, 4.69) is 9.88 Å². The van der Waals surface area contributed by atoms with Crippen LogP contribution in [0.5, 0.6) is 5.75 Å². The number of hydrogen-bond donors (Lipinski definition) is 2. The van der Waals surface area contributed by atoms with Crippen LogP contribution in [0.4, 0.5) is 0 Å². The third-order valence-electron chi connectivity index (χ3n) is 4.41. The molecule has 3 N–H and O–H groups in total. The highest BCUT2D eigenvalue weighted by molar-refractivity contribution is 5.76. The molecule has 2 aromatic rings. The lowest BCUT2D eigenvalue weighted by Gasteiger charge is -2.34. The molecule has 1 aliphatic rings. The van der Waals surface area contributed by atoms with Crippen molar-refractivity contribution in [2.75, 3.05) is 26.7 Å². The summed E-state index contributed by atoms with van der Waals surface area (Å²) in [5.41, 5.74) is 7.20. The van der Waals surface area contributed by atoms with Crippen molar-refractivity contribution in [1.82, 2.24) is 14.5 Å². The molecule has 0 spiro atoms. The second-order valence-electron chi connectivity index (χ2n) is 5.92. The van der Waals surface area contributed by atoms with Gasteiger partial charge in [-0.2, -0.15) is 0 Å². The zero-order valence-electron chi connectivity index (χ0n) is 13.2. The van der Waals surface area contributed by atoms with E-state index in [9.17, 15) is 9.90 Å². The fourth-order valence-corrected chi connectivity index (χ4v) is 2.96. The van der Waals surface area contributed by atoms with Gasteiger partial charge in [-0.15, -0.1) is 0 Å². The molecule has 0 amide bonds. The number of benzene rings is 1. The summed E-state index contributed by atoms with van der Waals surface area (Å²) < 4.78 is 6.94. The number of aromatic nitrogens is 2. The van der Waals surface area contributed by atoms with Crippen LogP contribution >= 0.6 is 0 Å². The maximum absolute atomic E-state index is 12.2. The number of nitrogens with zero attached hydrogens (tertiary/aromatic N) is 3. The number of likely N-dealkylation sites (tertiary alicyclic amines) is 1. The molecular weight excluding hydrogens is 296 g/mol. The van der Waals surface area contributed by atoms with Gasteiger partial charge in [0.2, 0.25) is 0 Å². The van der Waals surface area contributed by atoms with Gasteiger partial charge < -0.3 is 20.1 Å².